The fraction of sp³-hybridized carbons (Fsp3) is 0.562. The molecule has 0 amide bonds. The molecule has 1 fully saturated rings. The van der Waals surface area contributed by atoms with Crippen molar-refractivity contribution in [3.63, 3.8) is 0 Å². The van der Waals surface area contributed by atoms with Gasteiger partial charge in [0.05, 0.1) is 0 Å². The Kier molecular flexibility index (Phi) is 5.40. The molecule has 0 aromatic heterocycles. The van der Waals surface area contributed by atoms with Crippen molar-refractivity contribution >= 4 is 5.97 Å². The van der Waals surface area contributed by atoms with Gasteiger partial charge in [0.2, 0.25) is 0 Å². The third-order valence-corrected chi connectivity index (χ3v) is 3.97. The maximum atomic E-state index is 10.4. The van der Waals surface area contributed by atoms with Crippen molar-refractivity contribution < 1.29 is 9.90 Å². The molecule has 1 aromatic rings. The van der Waals surface area contributed by atoms with Gasteiger partial charge in [-0.05, 0) is 56.8 Å². The Morgan fingerprint density at radius 2 is 1.84 bits per heavy atom. The SMILES string of the molecule is O=C(O)CCCCN1CCC(c2ccccc2)CC1. The van der Waals surface area contributed by atoms with E-state index >= 15 is 0 Å². The minimum atomic E-state index is -0.678. The zero-order chi connectivity index (χ0) is 13.5. The number of likely N-dealkylation sites (tertiary alicyclic amines) is 1. The van der Waals surface area contributed by atoms with Gasteiger partial charge in [-0.3, -0.25) is 4.79 Å². The zero-order valence-corrected chi connectivity index (χ0v) is 11.4. The summed E-state index contributed by atoms with van der Waals surface area (Å²) in [4.78, 5) is 12.9. The van der Waals surface area contributed by atoms with Gasteiger partial charge in [0.1, 0.15) is 0 Å². The number of piperidine rings is 1. The van der Waals surface area contributed by atoms with Crippen LogP contribution >= 0.6 is 0 Å². The van der Waals surface area contributed by atoms with Gasteiger partial charge in [0, 0.05) is 6.42 Å². The van der Waals surface area contributed by atoms with Gasteiger partial charge in [-0.15, -0.1) is 0 Å². The van der Waals surface area contributed by atoms with Crippen LogP contribution in [0.3, 0.4) is 0 Å². The largest absolute Gasteiger partial charge is 0.481 e. The first-order valence-corrected chi connectivity index (χ1v) is 7.25. The number of hydrogen-bond donors (Lipinski definition) is 1. The van der Waals surface area contributed by atoms with Crippen LogP contribution in [-0.4, -0.2) is 35.6 Å². The van der Waals surface area contributed by atoms with Crippen molar-refractivity contribution in [2.24, 2.45) is 0 Å². The second-order valence-electron chi connectivity index (χ2n) is 5.38. The number of carbonyl (C=O) groups is 1. The van der Waals surface area contributed by atoms with Crippen molar-refractivity contribution in [3.05, 3.63) is 35.9 Å². The third-order valence-electron chi connectivity index (χ3n) is 3.97. The molecule has 1 aromatic carbocycles. The number of carboxylic acid groups (broad SMARTS) is 1. The molecule has 0 radical (unpaired) electrons. The van der Waals surface area contributed by atoms with Crippen molar-refractivity contribution in [1.82, 2.24) is 4.90 Å². The van der Waals surface area contributed by atoms with Gasteiger partial charge in [-0.2, -0.15) is 0 Å². The molecule has 1 saturated heterocycles. The van der Waals surface area contributed by atoms with E-state index in [9.17, 15) is 4.79 Å². The summed E-state index contributed by atoms with van der Waals surface area (Å²) in [5.74, 6) is 0.0271. The summed E-state index contributed by atoms with van der Waals surface area (Å²) in [6, 6.07) is 10.8. The van der Waals surface area contributed by atoms with Crippen LogP contribution < -0.4 is 0 Å². The maximum absolute atomic E-state index is 10.4. The number of aliphatic carboxylic acids is 1. The fourth-order valence-electron chi connectivity index (χ4n) is 2.83. The molecule has 3 nitrogen and oxygen atoms in total. The maximum Gasteiger partial charge on any atom is 0.303 e. The Labute approximate surface area is 115 Å². The van der Waals surface area contributed by atoms with Crippen LogP contribution in [0.4, 0.5) is 0 Å². The molecule has 0 atom stereocenters. The topological polar surface area (TPSA) is 40.5 Å². The number of benzene rings is 1. The predicted octanol–water partition coefficient (Wildman–Crippen LogP) is 3.12. The first-order chi connectivity index (χ1) is 9.25. The summed E-state index contributed by atoms with van der Waals surface area (Å²) in [6.07, 6.45) is 4.56. The number of nitrogens with zero attached hydrogens (tertiary/aromatic N) is 1. The van der Waals surface area contributed by atoms with Crippen molar-refractivity contribution in [1.29, 1.82) is 0 Å². The van der Waals surface area contributed by atoms with Crippen LogP contribution in [0.2, 0.25) is 0 Å². The molecule has 3 heteroatoms. The minimum Gasteiger partial charge on any atom is -0.481 e. The Balaban J connectivity index is 1.67. The van der Waals surface area contributed by atoms with E-state index < -0.39 is 5.97 Å². The van der Waals surface area contributed by atoms with E-state index in [-0.39, 0.29) is 0 Å². The highest BCUT2D eigenvalue weighted by Gasteiger charge is 2.19. The van der Waals surface area contributed by atoms with E-state index in [0.717, 1.165) is 32.5 Å². The quantitative estimate of drug-likeness (QED) is 0.800. The summed E-state index contributed by atoms with van der Waals surface area (Å²) in [7, 11) is 0. The first kappa shape index (κ1) is 14.1. The van der Waals surface area contributed by atoms with Gasteiger partial charge in [0.15, 0.2) is 0 Å². The fourth-order valence-corrected chi connectivity index (χ4v) is 2.83. The number of carboxylic acids is 1. The Hall–Kier alpha value is -1.35. The predicted molar refractivity (Wildman–Crippen MR) is 76.3 cm³/mol. The van der Waals surface area contributed by atoms with E-state index in [1.54, 1.807) is 0 Å². The van der Waals surface area contributed by atoms with Crippen LogP contribution in [0.5, 0.6) is 0 Å². The molecule has 1 N–H and O–H groups in total. The molecule has 2 rings (SSSR count). The van der Waals surface area contributed by atoms with Crippen LogP contribution in [0.15, 0.2) is 30.3 Å². The van der Waals surface area contributed by atoms with Gasteiger partial charge < -0.3 is 10.0 Å². The molecule has 0 saturated carbocycles. The lowest BCUT2D eigenvalue weighted by atomic mass is 9.89. The third kappa shape index (κ3) is 4.67. The van der Waals surface area contributed by atoms with Crippen molar-refractivity contribution in [3.8, 4) is 0 Å². The molecule has 1 aliphatic heterocycles. The summed E-state index contributed by atoms with van der Waals surface area (Å²) in [5, 5.41) is 8.60. The molecule has 1 aliphatic rings. The monoisotopic (exact) mass is 261 g/mol. The number of rotatable bonds is 6. The average Bonchev–Trinajstić information content (AvgIpc) is 2.45. The molecular formula is C16H23NO2. The van der Waals surface area contributed by atoms with Crippen LogP contribution in [-0.2, 0) is 4.79 Å². The van der Waals surface area contributed by atoms with E-state index in [0.29, 0.717) is 12.3 Å². The highest BCUT2D eigenvalue weighted by Crippen LogP contribution is 2.27. The Morgan fingerprint density at radius 3 is 2.47 bits per heavy atom. The molecule has 0 bridgehead atoms. The smallest absolute Gasteiger partial charge is 0.303 e. The highest BCUT2D eigenvalue weighted by atomic mass is 16.4. The Bertz CT molecular complexity index is 383. The van der Waals surface area contributed by atoms with Gasteiger partial charge in [-0.25, -0.2) is 0 Å². The standard InChI is InChI=1S/C16H23NO2/c18-16(19)8-4-5-11-17-12-9-15(10-13-17)14-6-2-1-3-7-14/h1-3,6-7,15H,4-5,8-13H2,(H,18,19). The lowest BCUT2D eigenvalue weighted by Crippen LogP contribution is -2.33. The van der Waals surface area contributed by atoms with E-state index in [1.165, 1.54) is 18.4 Å². The zero-order valence-electron chi connectivity index (χ0n) is 11.4. The molecule has 1 heterocycles. The van der Waals surface area contributed by atoms with Crippen LogP contribution in [0, 0.1) is 0 Å². The summed E-state index contributed by atoms with van der Waals surface area (Å²) < 4.78 is 0. The minimum absolute atomic E-state index is 0.306. The average molecular weight is 261 g/mol. The van der Waals surface area contributed by atoms with E-state index in [4.69, 9.17) is 5.11 Å². The molecule has 0 spiro atoms. The molecule has 0 aliphatic carbocycles. The van der Waals surface area contributed by atoms with E-state index in [2.05, 4.69) is 35.2 Å². The lowest BCUT2D eigenvalue weighted by Gasteiger charge is -2.32. The van der Waals surface area contributed by atoms with Crippen LogP contribution in [0.25, 0.3) is 0 Å². The van der Waals surface area contributed by atoms with Crippen molar-refractivity contribution in [2.75, 3.05) is 19.6 Å². The number of unbranched alkanes of at least 4 members (excludes halogenated alkanes) is 1. The van der Waals surface area contributed by atoms with Gasteiger partial charge >= 0.3 is 5.97 Å². The summed E-state index contributed by atoms with van der Waals surface area (Å²) in [5.41, 5.74) is 1.47. The highest BCUT2D eigenvalue weighted by molar-refractivity contribution is 5.66. The van der Waals surface area contributed by atoms with Gasteiger partial charge in [0.25, 0.3) is 0 Å². The summed E-state index contributed by atoms with van der Waals surface area (Å²) >= 11 is 0. The number of hydrogen-bond acceptors (Lipinski definition) is 2. The second-order valence-corrected chi connectivity index (χ2v) is 5.38. The lowest BCUT2D eigenvalue weighted by molar-refractivity contribution is -0.137. The van der Waals surface area contributed by atoms with Crippen LogP contribution in [0.1, 0.15) is 43.6 Å². The molecular weight excluding hydrogens is 238 g/mol. The second kappa shape index (κ2) is 7.29. The molecule has 19 heavy (non-hydrogen) atoms. The molecule has 0 unspecified atom stereocenters. The van der Waals surface area contributed by atoms with Gasteiger partial charge in [-0.1, -0.05) is 30.3 Å². The van der Waals surface area contributed by atoms with E-state index in [1.807, 2.05) is 0 Å². The molecule has 104 valence electrons. The first-order valence-electron chi connectivity index (χ1n) is 7.25. The van der Waals surface area contributed by atoms with Crippen molar-refractivity contribution in [2.45, 2.75) is 38.0 Å². The Morgan fingerprint density at radius 1 is 1.16 bits per heavy atom. The normalized spacial score (nSPS) is 17.5. The summed E-state index contributed by atoms with van der Waals surface area (Å²) in [6.45, 7) is 3.34.